The molecule has 29 heavy (non-hydrogen) atoms. The minimum absolute atomic E-state index is 0.0717. The standard InChI is InChI=1S/C25H33BrO3/c1-16-6-11-20(24(2,3)17-7-9-18(26)10-8-17)22(15-16)29-23(28)25-13-4-5-21(27)19(25)12-14-25/h7-10,16,19-20,22H,4-6,11-15H2,1-3H3/t16-,19-,20-,22-,25+/m1/s1. The van der Waals surface area contributed by atoms with Crippen molar-refractivity contribution in [1.29, 1.82) is 0 Å². The molecule has 0 heterocycles. The van der Waals surface area contributed by atoms with E-state index in [0.717, 1.165) is 43.0 Å². The van der Waals surface area contributed by atoms with Crippen LogP contribution in [0.4, 0.5) is 0 Å². The SMILES string of the molecule is C[C@@H]1CC[C@@H](C(C)(C)c2ccc(Br)cc2)[C@H](OC(=O)[C@]23CCCC(=O)[C@H]2CC3)C1. The van der Waals surface area contributed by atoms with E-state index in [2.05, 4.69) is 61.0 Å². The summed E-state index contributed by atoms with van der Waals surface area (Å²) in [6.07, 6.45) is 7.07. The first-order chi connectivity index (χ1) is 13.7. The van der Waals surface area contributed by atoms with Gasteiger partial charge >= 0.3 is 5.97 Å². The molecule has 0 radical (unpaired) electrons. The summed E-state index contributed by atoms with van der Waals surface area (Å²) in [5.41, 5.74) is 0.696. The van der Waals surface area contributed by atoms with Crippen molar-refractivity contribution in [2.24, 2.45) is 23.2 Å². The molecule has 5 atom stereocenters. The van der Waals surface area contributed by atoms with Crippen LogP contribution in [-0.2, 0) is 19.7 Å². The summed E-state index contributed by atoms with van der Waals surface area (Å²) in [5, 5.41) is 0. The van der Waals surface area contributed by atoms with E-state index in [1.807, 2.05) is 0 Å². The quantitative estimate of drug-likeness (QED) is 0.500. The fourth-order valence-corrected chi connectivity index (χ4v) is 6.40. The van der Waals surface area contributed by atoms with Crippen LogP contribution < -0.4 is 0 Å². The van der Waals surface area contributed by atoms with Gasteiger partial charge in [-0.25, -0.2) is 0 Å². The van der Waals surface area contributed by atoms with Crippen LogP contribution in [0.5, 0.6) is 0 Å². The van der Waals surface area contributed by atoms with E-state index >= 15 is 0 Å². The Morgan fingerprint density at radius 1 is 1.14 bits per heavy atom. The van der Waals surface area contributed by atoms with Crippen LogP contribution in [0.3, 0.4) is 0 Å². The van der Waals surface area contributed by atoms with Crippen LogP contribution in [0.25, 0.3) is 0 Å². The van der Waals surface area contributed by atoms with Crippen molar-refractivity contribution in [3.05, 3.63) is 34.3 Å². The molecule has 0 amide bonds. The minimum atomic E-state index is -0.512. The highest BCUT2D eigenvalue weighted by atomic mass is 79.9. The molecule has 1 aromatic rings. The van der Waals surface area contributed by atoms with E-state index in [1.54, 1.807) is 0 Å². The lowest BCUT2D eigenvalue weighted by atomic mass is 9.53. The summed E-state index contributed by atoms with van der Waals surface area (Å²) in [5.74, 6) is 0.967. The monoisotopic (exact) mass is 460 g/mol. The topological polar surface area (TPSA) is 43.4 Å². The van der Waals surface area contributed by atoms with Crippen LogP contribution >= 0.6 is 15.9 Å². The third-order valence-electron chi connectivity index (χ3n) is 8.21. The summed E-state index contributed by atoms with van der Waals surface area (Å²) >= 11 is 3.53. The van der Waals surface area contributed by atoms with Gasteiger partial charge in [-0.3, -0.25) is 9.59 Å². The predicted octanol–water partition coefficient (Wildman–Crippen LogP) is 6.22. The molecular weight excluding hydrogens is 428 g/mol. The van der Waals surface area contributed by atoms with Gasteiger partial charge < -0.3 is 4.74 Å². The Morgan fingerprint density at radius 3 is 2.52 bits per heavy atom. The fourth-order valence-electron chi connectivity index (χ4n) is 6.14. The van der Waals surface area contributed by atoms with Gasteiger partial charge in [0.25, 0.3) is 0 Å². The zero-order valence-electron chi connectivity index (χ0n) is 17.9. The van der Waals surface area contributed by atoms with Gasteiger partial charge in [-0.15, -0.1) is 0 Å². The van der Waals surface area contributed by atoms with E-state index < -0.39 is 5.41 Å². The van der Waals surface area contributed by atoms with Gasteiger partial charge in [-0.2, -0.15) is 0 Å². The number of rotatable bonds is 4. The summed E-state index contributed by atoms with van der Waals surface area (Å²) < 4.78 is 7.40. The van der Waals surface area contributed by atoms with Gasteiger partial charge in [-0.05, 0) is 67.6 Å². The molecule has 0 aromatic heterocycles. The second-order valence-corrected chi connectivity index (χ2v) is 11.2. The minimum Gasteiger partial charge on any atom is -0.462 e. The number of esters is 1. The molecule has 4 heteroatoms. The Bertz CT molecular complexity index is 784. The number of Topliss-reactive ketones (excluding diaryl/α,β-unsaturated/α-hetero) is 1. The molecule has 1 aromatic carbocycles. The first-order valence-electron chi connectivity index (χ1n) is 11.2. The lowest BCUT2D eigenvalue weighted by Gasteiger charge is -2.51. The number of fused-ring (bicyclic) bond motifs is 1. The highest BCUT2D eigenvalue weighted by molar-refractivity contribution is 9.10. The Kier molecular flexibility index (Phi) is 5.69. The van der Waals surface area contributed by atoms with Crippen molar-refractivity contribution in [2.75, 3.05) is 0 Å². The van der Waals surface area contributed by atoms with Crippen molar-refractivity contribution in [2.45, 2.75) is 83.7 Å². The molecule has 0 bridgehead atoms. The Morgan fingerprint density at radius 2 is 1.86 bits per heavy atom. The van der Waals surface area contributed by atoms with E-state index in [0.29, 0.717) is 12.3 Å². The molecule has 3 aliphatic carbocycles. The molecule has 3 nitrogen and oxygen atoms in total. The van der Waals surface area contributed by atoms with Crippen molar-refractivity contribution < 1.29 is 14.3 Å². The summed E-state index contributed by atoms with van der Waals surface area (Å²) in [6, 6.07) is 8.55. The smallest absolute Gasteiger partial charge is 0.313 e. The van der Waals surface area contributed by atoms with E-state index in [9.17, 15) is 9.59 Å². The number of hydrogen-bond donors (Lipinski definition) is 0. The van der Waals surface area contributed by atoms with Gasteiger partial charge in [0.1, 0.15) is 11.9 Å². The maximum Gasteiger partial charge on any atom is 0.313 e. The second-order valence-electron chi connectivity index (χ2n) is 10.3. The van der Waals surface area contributed by atoms with E-state index in [1.165, 1.54) is 12.0 Å². The number of ketones is 1. The van der Waals surface area contributed by atoms with Gasteiger partial charge in [0, 0.05) is 22.7 Å². The van der Waals surface area contributed by atoms with Gasteiger partial charge in [0.2, 0.25) is 0 Å². The maximum atomic E-state index is 13.4. The molecule has 0 aliphatic heterocycles. The number of halogens is 1. The van der Waals surface area contributed by atoms with E-state index in [-0.39, 0.29) is 35.1 Å². The van der Waals surface area contributed by atoms with Gasteiger partial charge in [-0.1, -0.05) is 55.3 Å². The average molecular weight is 461 g/mol. The van der Waals surface area contributed by atoms with Crippen molar-refractivity contribution in [3.63, 3.8) is 0 Å². The Balaban J connectivity index is 1.56. The molecule has 0 saturated heterocycles. The number of hydrogen-bond acceptors (Lipinski definition) is 3. The fraction of sp³-hybridized carbons (Fsp3) is 0.680. The molecule has 0 N–H and O–H groups in total. The Hall–Kier alpha value is -1.16. The Labute approximate surface area is 183 Å². The molecule has 3 saturated carbocycles. The predicted molar refractivity (Wildman–Crippen MR) is 118 cm³/mol. The van der Waals surface area contributed by atoms with Crippen LogP contribution in [0.15, 0.2) is 28.7 Å². The molecule has 3 aliphatic rings. The normalized spacial score (nSPS) is 34.8. The van der Waals surface area contributed by atoms with E-state index in [4.69, 9.17) is 4.74 Å². The summed E-state index contributed by atoms with van der Waals surface area (Å²) in [7, 11) is 0. The third-order valence-corrected chi connectivity index (χ3v) is 8.74. The highest BCUT2D eigenvalue weighted by Gasteiger charge is 2.58. The van der Waals surface area contributed by atoms with Gasteiger partial charge in [0.05, 0.1) is 5.41 Å². The number of benzene rings is 1. The highest BCUT2D eigenvalue weighted by Crippen LogP contribution is 2.55. The van der Waals surface area contributed by atoms with Crippen molar-refractivity contribution in [1.82, 2.24) is 0 Å². The molecule has 0 unspecified atom stereocenters. The summed E-state index contributed by atoms with van der Waals surface area (Å²) in [6.45, 7) is 6.83. The van der Waals surface area contributed by atoms with Crippen molar-refractivity contribution >= 4 is 27.7 Å². The zero-order chi connectivity index (χ0) is 20.8. The van der Waals surface area contributed by atoms with Crippen LogP contribution in [0, 0.1) is 23.2 Å². The number of ether oxygens (including phenoxy) is 1. The summed E-state index contributed by atoms with van der Waals surface area (Å²) in [4.78, 5) is 25.7. The first-order valence-corrected chi connectivity index (χ1v) is 12.0. The largest absolute Gasteiger partial charge is 0.462 e. The zero-order valence-corrected chi connectivity index (χ0v) is 19.5. The van der Waals surface area contributed by atoms with Crippen LogP contribution in [-0.4, -0.2) is 17.9 Å². The van der Waals surface area contributed by atoms with Crippen LogP contribution in [0.2, 0.25) is 0 Å². The maximum absolute atomic E-state index is 13.4. The molecule has 3 fully saturated rings. The lowest BCUT2D eigenvalue weighted by Crippen LogP contribution is -2.55. The third kappa shape index (κ3) is 3.71. The molecule has 158 valence electrons. The molecule has 4 rings (SSSR count). The lowest BCUT2D eigenvalue weighted by molar-refractivity contribution is -0.187. The molecular formula is C25H33BrO3. The number of carbonyl (C=O) groups excluding carboxylic acids is 2. The van der Waals surface area contributed by atoms with Crippen molar-refractivity contribution in [3.8, 4) is 0 Å². The van der Waals surface area contributed by atoms with Gasteiger partial charge in [0.15, 0.2) is 0 Å². The number of carbonyl (C=O) groups is 2. The molecule has 0 spiro atoms. The second kappa shape index (κ2) is 7.83. The first kappa shape index (κ1) is 21.1. The van der Waals surface area contributed by atoms with Crippen LogP contribution in [0.1, 0.15) is 77.7 Å². The average Bonchev–Trinajstić information content (AvgIpc) is 2.63.